The van der Waals surface area contributed by atoms with E-state index in [4.69, 9.17) is 5.73 Å². The van der Waals surface area contributed by atoms with Crippen LogP contribution in [0.15, 0.2) is 34.9 Å². The third kappa shape index (κ3) is 3.88. The van der Waals surface area contributed by atoms with E-state index in [-0.39, 0.29) is 5.54 Å². The predicted octanol–water partition coefficient (Wildman–Crippen LogP) is 3.13. The molecule has 2 heteroatoms. The average Bonchev–Trinajstić information content (AvgIpc) is 1.97. The molecule has 68 valence electrons. The van der Waals surface area contributed by atoms with Crippen LogP contribution in [0.2, 0.25) is 0 Å². The summed E-state index contributed by atoms with van der Waals surface area (Å²) in [6, 6.07) is 0. The Balaban J connectivity index is 4.80. The standard InChI is InChI=1S/C10H16BrN/c1-5-8(10(3,4)12)7-9(11)6-2/h5-7H,1,12H2,2-4H3/b8-7+,9-6+. The molecule has 0 rings (SSSR count). The number of hydrogen-bond donors (Lipinski definition) is 1. The summed E-state index contributed by atoms with van der Waals surface area (Å²) < 4.78 is 1.02. The van der Waals surface area contributed by atoms with Gasteiger partial charge in [0.05, 0.1) is 0 Å². The molecule has 0 unspecified atom stereocenters. The molecular weight excluding hydrogens is 214 g/mol. The molecule has 1 nitrogen and oxygen atoms in total. The smallest absolute Gasteiger partial charge is 0.0352 e. The van der Waals surface area contributed by atoms with E-state index in [1.54, 1.807) is 6.08 Å². The second-order valence-corrected chi connectivity index (χ2v) is 4.11. The Morgan fingerprint density at radius 3 is 2.25 bits per heavy atom. The first-order chi connectivity index (χ1) is 5.41. The monoisotopic (exact) mass is 229 g/mol. The van der Waals surface area contributed by atoms with Crippen LogP contribution in [0.5, 0.6) is 0 Å². The largest absolute Gasteiger partial charge is 0.322 e. The topological polar surface area (TPSA) is 26.0 Å². The lowest BCUT2D eigenvalue weighted by Gasteiger charge is -2.20. The molecule has 0 aliphatic rings. The predicted molar refractivity (Wildman–Crippen MR) is 59.2 cm³/mol. The maximum absolute atomic E-state index is 5.91. The summed E-state index contributed by atoms with van der Waals surface area (Å²) in [6.45, 7) is 9.59. The lowest BCUT2D eigenvalue weighted by molar-refractivity contribution is 0.626. The van der Waals surface area contributed by atoms with Crippen molar-refractivity contribution in [2.45, 2.75) is 26.3 Å². The fourth-order valence-corrected chi connectivity index (χ4v) is 0.986. The Hall–Kier alpha value is -0.340. The lowest BCUT2D eigenvalue weighted by Crippen LogP contribution is -2.33. The highest BCUT2D eigenvalue weighted by atomic mass is 79.9. The van der Waals surface area contributed by atoms with Crippen LogP contribution in [-0.4, -0.2) is 5.54 Å². The van der Waals surface area contributed by atoms with Gasteiger partial charge < -0.3 is 5.73 Å². The second-order valence-electron chi connectivity index (χ2n) is 3.20. The number of hydrogen-bond acceptors (Lipinski definition) is 1. The Morgan fingerprint density at radius 1 is 1.50 bits per heavy atom. The number of halogens is 1. The van der Waals surface area contributed by atoms with Crippen molar-refractivity contribution in [1.29, 1.82) is 0 Å². The van der Waals surface area contributed by atoms with E-state index in [9.17, 15) is 0 Å². The van der Waals surface area contributed by atoms with Crippen molar-refractivity contribution in [3.63, 3.8) is 0 Å². The van der Waals surface area contributed by atoms with Crippen molar-refractivity contribution < 1.29 is 0 Å². The summed E-state index contributed by atoms with van der Waals surface area (Å²) in [4.78, 5) is 0. The molecule has 2 N–H and O–H groups in total. The molecule has 0 fully saturated rings. The highest BCUT2D eigenvalue weighted by Crippen LogP contribution is 2.18. The molecule has 0 spiro atoms. The zero-order valence-electron chi connectivity index (χ0n) is 7.89. The zero-order chi connectivity index (χ0) is 9.78. The number of allylic oxidation sites excluding steroid dienone is 3. The van der Waals surface area contributed by atoms with Crippen molar-refractivity contribution in [1.82, 2.24) is 0 Å². The molecule has 0 saturated heterocycles. The summed E-state index contributed by atoms with van der Waals surface area (Å²) in [7, 11) is 0. The fourth-order valence-electron chi connectivity index (χ4n) is 0.740. The quantitative estimate of drug-likeness (QED) is 0.740. The van der Waals surface area contributed by atoms with Crippen molar-refractivity contribution in [3.05, 3.63) is 34.9 Å². The third-order valence-corrected chi connectivity index (χ3v) is 2.22. The second kappa shape index (κ2) is 4.63. The van der Waals surface area contributed by atoms with E-state index in [2.05, 4.69) is 22.5 Å². The van der Waals surface area contributed by atoms with Crippen LogP contribution in [0.3, 0.4) is 0 Å². The minimum atomic E-state index is -0.330. The van der Waals surface area contributed by atoms with Gasteiger partial charge >= 0.3 is 0 Å². The van der Waals surface area contributed by atoms with Crippen molar-refractivity contribution in [3.8, 4) is 0 Å². The molecule has 0 radical (unpaired) electrons. The van der Waals surface area contributed by atoms with Gasteiger partial charge in [-0.1, -0.05) is 34.7 Å². The van der Waals surface area contributed by atoms with Crippen molar-refractivity contribution >= 4 is 15.9 Å². The number of rotatable bonds is 3. The first-order valence-electron chi connectivity index (χ1n) is 3.87. The summed E-state index contributed by atoms with van der Waals surface area (Å²) >= 11 is 3.39. The van der Waals surface area contributed by atoms with E-state index in [0.717, 1.165) is 10.1 Å². The van der Waals surface area contributed by atoms with Crippen molar-refractivity contribution in [2.24, 2.45) is 5.73 Å². The molecule has 0 aliphatic heterocycles. The Bertz CT molecular complexity index is 218. The Kier molecular flexibility index (Phi) is 4.50. The van der Waals surface area contributed by atoms with Gasteiger partial charge in [0.15, 0.2) is 0 Å². The van der Waals surface area contributed by atoms with Crippen LogP contribution in [0.4, 0.5) is 0 Å². The van der Waals surface area contributed by atoms with E-state index < -0.39 is 0 Å². The molecule has 0 atom stereocenters. The molecular formula is C10H16BrN. The molecule has 0 aromatic rings. The maximum atomic E-state index is 5.91. The van der Waals surface area contributed by atoms with E-state index in [1.807, 2.05) is 32.9 Å². The van der Waals surface area contributed by atoms with E-state index in [1.165, 1.54) is 0 Å². The maximum Gasteiger partial charge on any atom is 0.0352 e. The average molecular weight is 230 g/mol. The molecule has 0 saturated carbocycles. The third-order valence-electron chi connectivity index (χ3n) is 1.53. The normalized spacial score (nSPS) is 14.8. The summed E-state index contributed by atoms with van der Waals surface area (Å²) in [5.41, 5.74) is 6.60. The van der Waals surface area contributed by atoms with Gasteiger partial charge in [0.1, 0.15) is 0 Å². The van der Waals surface area contributed by atoms with Crippen molar-refractivity contribution in [2.75, 3.05) is 0 Å². The van der Waals surface area contributed by atoms with Crippen LogP contribution >= 0.6 is 15.9 Å². The van der Waals surface area contributed by atoms with Gasteiger partial charge in [-0.2, -0.15) is 0 Å². The van der Waals surface area contributed by atoms with Crippen LogP contribution in [0, 0.1) is 0 Å². The van der Waals surface area contributed by atoms with Crippen LogP contribution in [0.1, 0.15) is 20.8 Å². The molecule has 0 aromatic carbocycles. The van der Waals surface area contributed by atoms with Gasteiger partial charge in [0.25, 0.3) is 0 Å². The van der Waals surface area contributed by atoms with Gasteiger partial charge in [0, 0.05) is 10.0 Å². The molecule has 0 bridgehead atoms. The summed E-state index contributed by atoms with van der Waals surface area (Å²) in [5, 5.41) is 0. The van der Waals surface area contributed by atoms with Gasteiger partial charge in [-0.25, -0.2) is 0 Å². The van der Waals surface area contributed by atoms with E-state index >= 15 is 0 Å². The summed E-state index contributed by atoms with van der Waals surface area (Å²) in [6.07, 6.45) is 5.73. The van der Waals surface area contributed by atoms with E-state index in [0.29, 0.717) is 0 Å². The van der Waals surface area contributed by atoms with Crippen LogP contribution in [0.25, 0.3) is 0 Å². The zero-order valence-corrected chi connectivity index (χ0v) is 9.48. The molecule has 0 aliphatic carbocycles. The summed E-state index contributed by atoms with van der Waals surface area (Å²) in [5.74, 6) is 0. The first kappa shape index (κ1) is 11.7. The lowest BCUT2D eigenvalue weighted by atomic mass is 9.95. The van der Waals surface area contributed by atoms with Gasteiger partial charge in [-0.15, -0.1) is 0 Å². The number of nitrogens with two attached hydrogens (primary N) is 1. The molecule has 0 aromatic heterocycles. The molecule has 12 heavy (non-hydrogen) atoms. The highest BCUT2D eigenvalue weighted by Gasteiger charge is 2.13. The Labute approximate surface area is 83.2 Å². The first-order valence-corrected chi connectivity index (χ1v) is 4.66. The Morgan fingerprint density at radius 2 is 2.00 bits per heavy atom. The fraction of sp³-hybridized carbons (Fsp3) is 0.400. The molecule has 0 heterocycles. The van der Waals surface area contributed by atoms with Crippen LogP contribution in [-0.2, 0) is 0 Å². The highest BCUT2D eigenvalue weighted by molar-refractivity contribution is 9.11. The SMILES string of the molecule is C=C/C(=C\C(Br)=C/C)C(C)(C)N. The minimum absolute atomic E-state index is 0.330. The van der Waals surface area contributed by atoms with Gasteiger partial charge in [-0.05, 0) is 32.4 Å². The van der Waals surface area contributed by atoms with Crippen LogP contribution < -0.4 is 5.73 Å². The molecule has 0 amide bonds. The van der Waals surface area contributed by atoms with Gasteiger partial charge in [0.2, 0.25) is 0 Å². The van der Waals surface area contributed by atoms with Gasteiger partial charge in [-0.3, -0.25) is 0 Å². The minimum Gasteiger partial charge on any atom is -0.322 e.